The first-order valence-electron chi connectivity index (χ1n) is 10.0. The summed E-state index contributed by atoms with van der Waals surface area (Å²) in [4.78, 5) is 26.7. The number of urea groups is 1. The zero-order chi connectivity index (χ0) is 24.0. The molecule has 0 aliphatic rings. The van der Waals surface area contributed by atoms with Crippen molar-refractivity contribution in [3.63, 3.8) is 0 Å². The third-order valence-electron chi connectivity index (χ3n) is 4.86. The number of rotatable bonds is 6. The summed E-state index contributed by atoms with van der Waals surface area (Å²) >= 11 is 0. The average Bonchev–Trinajstić information content (AvgIpc) is 2.77. The second-order valence-corrected chi connectivity index (χ2v) is 7.17. The summed E-state index contributed by atoms with van der Waals surface area (Å²) in [6, 6.07) is 16.0. The van der Waals surface area contributed by atoms with E-state index >= 15 is 0 Å². The SMILES string of the molecule is Cc1ccccc1C(=O)N(CCNC(=O)Nc1ccccc1C(F)(F)F)c1ccc(F)cc1. The van der Waals surface area contributed by atoms with Gasteiger partial charge in [-0.1, -0.05) is 30.3 Å². The minimum atomic E-state index is -4.62. The van der Waals surface area contributed by atoms with E-state index in [1.807, 2.05) is 0 Å². The van der Waals surface area contributed by atoms with Gasteiger partial charge in [-0.15, -0.1) is 0 Å². The quantitative estimate of drug-likeness (QED) is 0.470. The third kappa shape index (κ3) is 6.09. The van der Waals surface area contributed by atoms with Crippen molar-refractivity contribution in [3.05, 3.63) is 95.3 Å². The summed E-state index contributed by atoms with van der Waals surface area (Å²) in [7, 11) is 0. The van der Waals surface area contributed by atoms with E-state index < -0.39 is 23.6 Å². The fourth-order valence-corrected chi connectivity index (χ4v) is 3.21. The molecular formula is C24H21F4N3O2. The van der Waals surface area contributed by atoms with Crippen LogP contribution in [0.3, 0.4) is 0 Å². The molecule has 0 unspecified atom stereocenters. The highest BCUT2D eigenvalue weighted by Gasteiger charge is 2.33. The standard InChI is InChI=1S/C24H21F4N3O2/c1-16-6-2-3-7-19(16)22(32)31(18-12-10-17(25)11-13-18)15-14-29-23(33)30-21-9-5-4-8-20(21)24(26,27)28/h2-13H,14-15H2,1H3,(H2,29,30,33). The monoisotopic (exact) mass is 459 g/mol. The number of nitrogens with zero attached hydrogens (tertiary/aromatic N) is 1. The average molecular weight is 459 g/mol. The maximum atomic E-state index is 13.4. The second kappa shape index (κ2) is 10.2. The Hall–Kier alpha value is -3.88. The normalized spacial score (nSPS) is 11.1. The van der Waals surface area contributed by atoms with Crippen LogP contribution in [0, 0.1) is 12.7 Å². The van der Waals surface area contributed by atoms with E-state index in [-0.39, 0.29) is 24.7 Å². The molecular weight excluding hydrogens is 438 g/mol. The number of aryl methyl sites for hydroxylation is 1. The molecule has 0 aliphatic heterocycles. The molecule has 0 saturated carbocycles. The number of alkyl halides is 3. The van der Waals surface area contributed by atoms with Crippen molar-refractivity contribution < 1.29 is 27.2 Å². The number of hydrogen-bond acceptors (Lipinski definition) is 2. The van der Waals surface area contributed by atoms with Gasteiger partial charge in [0.25, 0.3) is 5.91 Å². The van der Waals surface area contributed by atoms with E-state index in [2.05, 4.69) is 10.6 Å². The maximum Gasteiger partial charge on any atom is 0.418 e. The largest absolute Gasteiger partial charge is 0.418 e. The van der Waals surface area contributed by atoms with Crippen LogP contribution in [0.1, 0.15) is 21.5 Å². The van der Waals surface area contributed by atoms with Gasteiger partial charge in [0.2, 0.25) is 0 Å². The fourth-order valence-electron chi connectivity index (χ4n) is 3.21. The molecule has 0 radical (unpaired) electrons. The Morgan fingerprint density at radius 1 is 0.909 bits per heavy atom. The Morgan fingerprint density at radius 3 is 2.21 bits per heavy atom. The Kier molecular flexibility index (Phi) is 7.32. The number of halogens is 4. The van der Waals surface area contributed by atoms with Gasteiger partial charge >= 0.3 is 12.2 Å². The molecule has 0 heterocycles. The van der Waals surface area contributed by atoms with Crippen LogP contribution in [0.25, 0.3) is 0 Å². The number of carbonyl (C=O) groups is 2. The topological polar surface area (TPSA) is 61.4 Å². The molecule has 3 aromatic rings. The minimum Gasteiger partial charge on any atom is -0.336 e. The highest BCUT2D eigenvalue weighted by Crippen LogP contribution is 2.34. The number of benzene rings is 3. The van der Waals surface area contributed by atoms with Crippen LogP contribution < -0.4 is 15.5 Å². The van der Waals surface area contributed by atoms with Crippen LogP contribution in [0.15, 0.2) is 72.8 Å². The van der Waals surface area contributed by atoms with Gasteiger partial charge < -0.3 is 15.5 Å². The zero-order valence-corrected chi connectivity index (χ0v) is 17.6. The van der Waals surface area contributed by atoms with Crippen LogP contribution in [-0.4, -0.2) is 25.0 Å². The predicted molar refractivity (Wildman–Crippen MR) is 118 cm³/mol. The number of nitrogens with one attached hydrogen (secondary N) is 2. The molecule has 0 aromatic heterocycles. The fraction of sp³-hybridized carbons (Fsp3) is 0.167. The molecule has 0 fully saturated rings. The van der Waals surface area contributed by atoms with Gasteiger partial charge in [0.15, 0.2) is 0 Å². The lowest BCUT2D eigenvalue weighted by molar-refractivity contribution is -0.136. The minimum absolute atomic E-state index is 0.00708. The summed E-state index contributed by atoms with van der Waals surface area (Å²) in [5.74, 6) is -0.827. The number of anilines is 2. The van der Waals surface area contributed by atoms with Crippen molar-refractivity contribution in [2.24, 2.45) is 0 Å². The first kappa shape index (κ1) is 23.8. The summed E-state index contributed by atoms with van der Waals surface area (Å²) in [5, 5.41) is 4.64. The molecule has 0 bridgehead atoms. The summed E-state index contributed by atoms with van der Waals surface area (Å²) < 4.78 is 52.7. The molecule has 9 heteroatoms. The van der Waals surface area contributed by atoms with Gasteiger partial charge in [0.1, 0.15) is 5.82 Å². The van der Waals surface area contributed by atoms with E-state index in [9.17, 15) is 27.2 Å². The predicted octanol–water partition coefficient (Wildman–Crippen LogP) is 5.62. The highest BCUT2D eigenvalue weighted by atomic mass is 19.4. The molecule has 33 heavy (non-hydrogen) atoms. The van der Waals surface area contributed by atoms with Crippen LogP contribution in [0.5, 0.6) is 0 Å². The van der Waals surface area contributed by atoms with Crippen LogP contribution >= 0.6 is 0 Å². The van der Waals surface area contributed by atoms with Gasteiger partial charge in [-0.2, -0.15) is 13.2 Å². The van der Waals surface area contributed by atoms with E-state index in [4.69, 9.17) is 0 Å². The van der Waals surface area contributed by atoms with Gasteiger partial charge in [0.05, 0.1) is 11.3 Å². The van der Waals surface area contributed by atoms with Crippen LogP contribution in [0.2, 0.25) is 0 Å². The van der Waals surface area contributed by atoms with Crippen molar-refractivity contribution >= 4 is 23.3 Å². The lowest BCUT2D eigenvalue weighted by Gasteiger charge is -2.24. The van der Waals surface area contributed by atoms with Gasteiger partial charge in [-0.3, -0.25) is 4.79 Å². The molecule has 0 aliphatic carbocycles. The van der Waals surface area contributed by atoms with E-state index in [1.165, 1.54) is 41.3 Å². The van der Waals surface area contributed by atoms with Crippen molar-refractivity contribution in [2.45, 2.75) is 13.1 Å². The Bertz CT molecular complexity index is 1130. The molecule has 0 spiro atoms. The van der Waals surface area contributed by atoms with Crippen molar-refractivity contribution in [1.82, 2.24) is 5.32 Å². The van der Waals surface area contributed by atoms with E-state index in [0.29, 0.717) is 11.3 Å². The molecule has 2 N–H and O–H groups in total. The third-order valence-corrected chi connectivity index (χ3v) is 4.86. The van der Waals surface area contributed by atoms with Gasteiger partial charge in [0, 0.05) is 24.3 Å². The summed E-state index contributed by atoms with van der Waals surface area (Å²) in [5.41, 5.74) is 0.237. The molecule has 5 nitrogen and oxygen atoms in total. The molecule has 3 amide bonds. The smallest absolute Gasteiger partial charge is 0.336 e. The molecule has 0 saturated heterocycles. The lowest BCUT2D eigenvalue weighted by atomic mass is 10.1. The lowest BCUT2D eigenvalue weighted by Crippen LogP contribution is -2.40. The molecule has 3 rings (SSSR count). The molecule has 3 aromatic carbocycles. The number of para-hydroxylation sites is 1. The number of carbonyl (C=O) groups excluding carboxylic acids is 2. The second-order valence-electron chi connectivity index (χ2n) is 7.17. The van der Waals surface area contributed by atoms with Gasteiger partial charge in [-0.25, -0.2) is 9.18 Å². The van der Waals surface area contributed by atoms with Crippen molar-refractivity contribution in [1.29, 1.82) is 0 Å². The van der Waals surface area contributed by atoms with Gasteiger partial charge in [-0.05, 0) is 55.0 Å². The maximum absolute atomic E-state index is 13.4. The van der Waals surface area contributed by atoms with Crippen molar-refractivity contribution in [3.8, 4) is 0 Å². The Labute approximate surface area is 188 Å². The summed E-state index contributed by atoms with van der Waals surface area (Å²) in [6.07, 6.45) is -4.62. The first-order chi connectivity index (χ1) is 15.7. The highest BCUT2D eigenvalue weighted by molar-refractivity contribution is 6.07. The van der Waals surface area contributed by atoms with Crippen LogP contribution in [-0.2, 0) is 6.18 Å². The summed E-state index contributed by atoms with van der Waals surface area (Å²) in [6.45, 7) is 1.72. The number of hydrogen-bond donors (Lipinski definition) is 2. The molecule has 172 valence electrons. The van der Waals surface area contributed by atoms with E-state index in [0.717, 1.165) is 17.7 Å². The zero-order valence-electron chi connectivity index (χ0n) is 17.6. The Balaban J connectivity index is 1.72. The van der Waals surface area contributed by atoms with Crippen LogP contribution in [0.4, 0.5) is 33.7 Å². The first-order valence-corrected chi connectivity index (χ1v) is 10.0. The Morgan fingerprint density at radius 2 is 1.55 bits per heavy atom. The van der Waals surface area contributed by atoms with E-state index in [1.54, 1.807) is 31.2 Å². The molecule has 0 atom stereocenters. The number of amides is 3. The van der Waals surface area contributed by atoms with Crippen molar-refractivity contribution in [2.75, 3.05) is 23.3 Å².